The Kier molecular flexibility index (Phi) is 4.67. The number of fused-ring (bicyclic) bond motifs is 25. The fraction of sp³-hybridized carbons (Fsp3) is 0.364. The summed E-state index contributed by atoms with van der Waals surface area (Å²) in [7, 11) is 0. The third-order valence-electron chi connectivity index (χ3n) is 13.7. The van der Waals surface area contributed by atoms with E-state index in [1.165, 1.54) is 144 Å². The van der Waals surface area contributed by atoms with E-state index in [-0.39, 0.29) is 0 Å². The van der Waals surface area contributed by atoms with Gasteiger partial charge in [-0.3, -0.25) is 0 Å². The second-order valence-corrected chi connectivity index (χ2v) is 16.0. The van der Waals surface area contributed by atoms with Gasteiger partial charge in [0.2, 0.25) is 0 Å². The molecule has 4 heteroatoms. The summed E-state index contributed by atoms with van der Waals surface area (Å²) >= 11 is 0. The molecule has 2 aliphatic heterocycles. The molecule has 8 aliphatic carbocycles. The molecule has 5 heterocycles. The highest BCUT2D eigenvalue weighted by atomic mass is 14.9. The van der Waals surface area contributed by atoms with Crippen molar-refractivity contribution in [3.05, 3.63) is 105 Å². The zero-order valence-electron chi connectivity index (χ0n) is 27.3. The first-order chi connectivity index (χ1) is 23.8. The Labute approximate surface area is 280 Å². The minimum absolute atomic E-state index is 0.412. The van der Waals surface area contributed by atoms with E-state index in [4.69, 9.17) is 9.97 Å². The third kappa shape index (κ3) is 2.94. The number of H-pyrrole nitrogens is 2. The maximum atomic E-state index is 5.87. The number of allylic oxidation sites excluding steroid dienone is 12. The van der Waals surface area contributed by atoms with Crippen molar-refractivity contribution < 1.29 is 0 Å². The van der Waals surface area contributed by atoms with Gasteiger partial charge in [0.1, 0.15) is 0 Å². The minimum atomic E-state index is 0.412. The lowest BCUT2D eigenvalue weighted by Crippen LogP contribution is -2.21. The van der Waals surface area contributed by atoms with Gasteiger partial charge >= 0.3 is 0 Å². The van der Waals surface area contributed by atoms with Gasteiger partial charge in [0.25, 0.3) is 0 Å². The Morgan fingerprint density at radius 2 is 1.10 bits per heavy atom. The summed E-state index contributed by atoms with van der Waals surface area (Å²) in [6, 6.07) is 9.22. The maximum Gasteiger partial charge on any atom is 0.0778 e. The Bertz CT molecular complexity index is 2480. The quantitative estimate of drug-likeness (QED) is 0.262. The highest BCUT2D eigenvalue weighted by Crippen LogP contribution is 2.66. The van der Waals surface area contributed by atoms with Crippen LogP contribution in [0.1, 0.15) is 134 Å². The lowest BCUT2D eigenvalue weighted by atomic mass is 9.66. The monoisotopic (exact) mass is 622 g/mol. The first-order valence-electron chi connectivity index (χ1n) is 18.9. The highest BCUT2D eigenvalue weighted by molar-refractivity contribution is 6.17. The lowest BCUT2D eigenvalue weighted by molar-refractivity contribution is 0.608. The molecule has 0 aromatic carbocycles. The van der Waals surface area contributed by atoms with Gasteiger partial charge in [-0.1, -0.05) is 24.3 Å². The van der Waals surface area contributed by atoms with Crippen molar-refractivity contribution >= 4 is 55.5 Å². The molecule has 0 radical (unpaired) electrons. The molecule has 2 N–H and O–H groups in total. The van der Waals surface area contributed by atoms with Crippen LogP contribution in [0.15, 0.2) is 59.7 Å². The smallest absolute Gasteiger partial charge is 0.0778 e. The maximum absolute atomic E-state index is 5.87. The fourth-order valence-corrected chi connectivity index (χ4v) is 11.8. The summed E-state index contributed by atoms with van der Waals surface area (Å²) in [5, 5.41) is 0. The average molecular weight is 623 g/mol. The summed E-state index contributed by atoms with van der Waals surface area (Å²) in [5.74, 6) is 1.94. The van der Waals surface area contributed by atoms with E-state index < -0.39 is 0 Å². The second kappa shape index (κ2) is 8.77. The molecule has 0 amide bonds. The molecule has 10 aliphatic rings. The highest BCUT2D eigenvalue weighted by Gasteiger charge is 2.50. The van der Waals surface area contributed by atoms with Gasteiger partial charge in [0, 0.05) is 68.1 Å². The zero-order chi connectivity index (χ0) is 30.8. The second-order valence-electron chi connectivity index (χ2n) is 16.0. The van der Waals surface area contributed by atoms with E-state index in [1.54, 1.807) is 33.4 Å². The molecule has 13 rings (SSSR count). The topological polar surface area (TPSA) is 57.4 Å². The zero-order valence-corrected chi connectivity index (χ0v) is 27.3. The van der Waals surface area contributed by atoms with Gasteiger partial charge in [-0.25, -0.2) is 9.97 Å². The number of aromatic amines is 2. The minimum Gasteiger partial charge on any atom is -0.355 e. The number of nitrogens with zero attached hydrogens (tertiary/aromatic N) is 2. The van der Waals surface area contributed by atoms with E-state index >= 15 is 0 Å². The number of rotatable bonds is 0. The Morgan fingerprint density at radius 1 is 0.521 bits per heavy atom. The molecule has 0 fully saturated rings. The lowest BCUT2D eigenvalue weighted by Gasteiger charge is -2.36. The number of hydrogen-bond donors (Lipinski definition) is 2. The standard InChI is InChI=1S/C44H38N4/c1-3-11-25-23(9-1)33-31-19-21-17-18-22(45-21)20-32-34-24-10-2-4-12-26(24)36(34)42(47-32)40-30-16-8-6-14-28(30)38-37-27-13-5-7-15-29(27)39(41(46-31)35(25)33)43(37)48-44(38)40/h9,12,14-15,17-20,24-25,27,30,45-46H,1-8,10-11,13,16H2. The van der Waals surface area contributed by atoms with E-state index in [9.17, 15) is 0 Å². The van der Waals surface area contributed by atoms with Crippen molar-refractivity contribution in [1.82, 2.24) is 19.9 Å². The van der Waals surface area contributed by atoms with E-state index in [2.05, 4.69) is 58.5 Å². The summed E-state index contributed by atoms with van der Waals surface area (Å²) in [6.45, 7) is 0. The molecule has 8 bridgehead atoms. The van der Waals surface area contributed by atoms with Crippen LogP contribution in [0.25, 0.3) is 55.5 Å². The molecule has 234 valence electrons. The predicted octanol–water partition coefficient (Wildman–Crippen LogP) is 10.9. The number of nitrogens with one attached hydrogen (secondary N) is 2. The van der Waals surface area contributed by atoms with Crippen molar-refractivity contribution in [1.29, 1.82) is 0 Å². The Hall–Kier alpha value is -4.44. The van der Waals surface area contributed by atoms with Crippen LogP contribution in [-0.2, 0) is 0 Å². The van der Waals surface area contributed by atoms with Crippen molar-refractivity contribution in [3.63, 3.8) is 0 Å². The molecule has 3 aromatic rings. The van der Waals surface area contributed by atoms with Crippen molar-refractivity contribution in [2.24, 2.45) is 11.8 Å². The Balaban J connectivity index is 1.23. The summed E-state index contributed by atoms with van der Waals surface area (Å²) < 4.78 is 0. The fourth-order valence-electron chi connectivity index (χ4n) is 11.8. The molecule has 48 heavy (non-hydrogen) atoms. The van der Waals surface area contributed by atoms with E-state index in [0.717, 1.165) is 11.0 Å². The first kappa shape index (κ1) is 25.6. The van der Waals surface area contributed by atoms with Crippen molar-refractivity contribution in [3.8, 4) is 0 Å². The van der Waals surface area contributed by atoms with Crippen LogP contribution in [0.3, 0.4) is 0 Å². The van der Waals surface area contributed by atoms with Crippen LogP contribution in [0.5, 0.6) is 0 Å². The molecule has 0 saturated carbocycles. The van der Waals surface area contributed by atoms with Gasteiger partial charge in [0.05, 0.1) is 28.3 Å². The summed E-state index contributed by atoms with van der Waals surface area (Å²) in [6.07, 6.45) is 25.0. The molecule has 0 spiro atoms. The van der Waals surface area contributed by atoms with E-state index in [1.807, 2.05) is 0 Å². The van der Waals surface area contributed by atoms with Crippen molar-refractivity contribution in [2.75, 3.05) is 0 Å². The third-order valence-corrected chi connectivity index (χ3v) is 13.7. The van der Waals surface area contributed by atoms with Crippen LogP contribution in [0.4, 0.5) is 0 Å². The predicted molar refractivity (Wildman–Crippen MR) is 195 cm³/mol. The summed E-state index contributed by atoms with van der Waals surface area (Å²) in [5.41, 5.74) is 28.1. The average Bonchev–Trinajstić information content (AvgIpc) is 3.91. The van der Waals surface area contributed by atoms with Gasteiger partial charge < -0.3 is 9.97 Å². The van der Waals surface area contributed by atoms with Crippen LogP contribution < -0.4 is 0 Å². The SMILES string of the molecule is C1=C2C3=C(c4cc5ccc(cc6[nH]c(c7c8nc9c(c3n4)C3CCCC=C3C9=C8C3CCCC=C73)c3c6C4=CCCCC43)[nH]5)C2CCC1. The molecular weight excluding hydrogens is 585 g/mol. The van der Waals surface area contributed by atoms with Crippen LogP contribution in [0, 0.1) is 11.8 Å². The van der Waals surface area contributed by atoms with Crippen molar-refractivity contribution in [2.45, 2.75) is 88.9 Å². The first-order valence-corrected chi connectivity index (χ1v) is 18.9. The van der Waals surface area contributed by atoms with Gasteiger partial charge in [-0.2, -0.15) is 0 Å². The van der Waals surface area contributed by atoms with Crippen LogP contribution in [-0.4, -0.2) is 19.9 Å². The normalized spacial score (nSPS) is 28.2. The number of aromatic nitrogens is 4. The molecule has 4 nitrogen and oxygen atoms in total. The molecular formula is C44H38N4. The molecule has 4 unspecified atom stereocenters. The largest absolute Gasteiger partial charge is 0.355 e. The van der Waals surface area contributed by atoms with Crippen LogP contribution in [0.2, 0.25) is 0 Å². The molecule has 4 atom stereocenters. The van der Waals surface area contributed by atoms with E-state index in [0.29, 0.717) is 23.7 Å². The molecule has 3 aromatic heterocycles. The van der Waals surface area contributed by atoms with Gasteiger partial charge in [0.15, 0.2) is 0 Å². The summed E-state index contributed by atoms with van der Waals surface area (Å²) in [4.78, 5) is 19.4. The van der Waals surface area contributed by atoms with Crippen LogP contribution >= 0.6 is 0 Å². The Morgan fingerprint density at radius 3 is 1.88 bits per heavy atom. The van der Waals surface area contributed by atoms with Gasteiger partial charge in [-0.05, 0) is 140 Å². The molecule has 0 saturated heterocycles. The number of hydrogen-bond acceptors (Lipinski definition) is 2. The van der Waals surface area contributed by atoms with Gasteiger partial charge in [-0.15, -0.1) is 0 Å².